The van der Waals surface area contributed by atoms with Gasteiger partial charge in [0.25, 0.3) is 0 Å². The van der Waals surface area contributed by atoms with Crippen LogP contribution in [0.2, 0.25) is 0 Å². The fourth-order valence-corrected chi connectivity index (χ4v) is 1.87. The van der Waals surface area contributed by atoms with Gasteiger partial charge in [0.15, 0.2) is 0 Å². The molecular formula is C13H16FNO2. The van der Waals surface area contributed by atoms with Crippen molar-refractivity contribution in [3.8, 4) is 0 Å². The Balaban J connectivity index is 1.78. The Labute approximate surface area is 100.0 Å². The zero-order chi connectivity index (χ0) is 12.1. The van der Waals surface area contributed by atoms with Crippen LogP contribution in [0.4, 0.5) is 9.18 Å². The summed E-state index contributed by atoms with van der Waals surface area (Å²) in [5.41, 5.74) is 0.263. The Kier molecular flexibility index (Phi) is 3.61. The smallest absolute Gasteiger partial charge is 0.407 e. The number of hydrogen-bond donors (Lipinski definition) is 1. The molecule has 1 saturated carbocycles. The van der Waals surface area contributed by atoms with Gasteiger partial charge in [-0.25, -0.2) is 9.18 Å². The number of alkyl carbamates (subject to hydrolysis) is 1. The SMILES string of the molecule is O=C(NC1(CF)CCC1)OCc1ccccc1. The zero-order valence-corrected chi connectivity index (χ0v) is 9.62. The molecule has 1 fully saturated rings. The maximum Gasteiger partial charge on any atom is 0.407 e. The molecular weight excluding hydrogens is 221 g/mol. The van der Waals surface area contributed by atoms with Gasteiger partial charge in [0.1, 0.15) is 13.3 Å². The van der Waals surface area contributed by atoms with E-state index in [9.17, 15) is 9.18 Å². The van der Waals surface area contributed by atoms with Crippen LogP contribution in [0.5, 0.6) is 0 Å². The molecule has 0 radical (unpaired) electrons. The summed E-state index contributed by atoms with van der Waals surface area (Å²) >= 11 is 0. The molecule has 1 aromatic carbocycles. The molecule has 17 heavy (non-hydrogen) atoms. The van der Waals surface area contributed by atoms with Crippen molar-refractivity contribution in [3.63, 3.8) is 0 Å². The van der Waals surface area contributed by atoms with Crippen molar-refractivity contribution in [3.05, 3.63) is 35.9 Å². The Morgan fingerprint density at radius 3 is 2.59 bits per heavy atom. The molecule has 0 unspecified atom stereocenters. The summed E-state index contributed by atoms with van der Waals surface area (Å²) in [5, 5.41) is 2.61. The van der Waals surface area contributed by atoms with Crippen LogP contribution in [-0.2, 0) is 11.3 Å². The van der Waals surface area contributed by atoms with Gasteiger partial charge < -0.3 is 10.1 Å². The lowest BCUT2D eigenvalue weighted by Gasteiger charge is -2.39. The first-order chi connectivity index (χ1) is 8.24. The summed E-state index contributed by atoms with van der Waals surface area (Å²) in [7, 11) is 0. The number of ether oxygens (including phenoxy) is 1. The van der Waals surface area contributed by atoms with Crippen molar-refractivity contribution in [1.29, 1.82) is 0 Å². The normalized spacial score (nSPS) is 17.0. The summed E-state index contributed by atoms with van der Waals surface area (Å²) in [6, 6.07) is 9.41. The first-order valence-corrected chi connectivity index (χ1v) is 5.79. The number of carbonyl (C=O) groups is 1. The third-order valence-electron chi connectivity index (χ3n) is 3.15. The van der Waals surface area contributed by atoms with E-state index >= 15 is 0 Å². The second-order valence-corrected chi connectivity index (χ2v) is 4.45. The lowest BCUT2D eigenvalue weighted by atomic mass is 9.78. The number of rotatable bonds is 4. The van der Waals surface area contributed by atoms with Gasteiger partial charge in [0.05, 0.1) is 5.54 Å². The third-order valence-corrected chi connectivity index (χ3v) is 3.15. The minimum Gasteiger partial charge on any atom is -0.445 e. The topological polar surface area (TPSA) is 38.3 Å². The second-order valence-electron chi connectivity index (χ2n) is 4.45. The molecule has 1 aromatic rings. The Morgan fingerprint density at radius 1 is 1.35 bits per heavy atom. The molecule has 0 heterocycles. The van der Waals surface area contributed by atoms with Crippen molar-refractivity contribution in [1.82, 2.24) is 5.32 Å². The minimum absolute atomic E-state index is 0.217. The highest BCUT2D eigenvalue weighted by molar-refractivity contribution is 5.68. The molecule has 0 spiro atoms. The lowest BCUT2D eigenvalue weighted by Crippen LogP contribution is -2.55. The van der Waals surface area contributed by atoms with Crippen LogP contribution in [-0.4, -0.2) is 18.3 Å². The maximum atomic E-state index is 12.7. The molecule has 0 saturated heterocycles. The first kappa shape index (κ1) is 11.9. The van der Waals surface area contributed by atoms with Gasteiger partial charge >= 0.3 is 6.09 Å². The quantitative estimate of drug-likeness (QED) is 0.874. The molecule has 0 aliphatic heterocycles. The summed E-state index contributed by atoms with van der Waals surface area (Å²) in [6.07, 6.45) is 1.82. The summed E-state index contributed by atoms with van der Waals surface area (Å²) in [5.74, 6) is 0. The van der Waals surface area contributed by atoms with Crippen LogP contribution in [0.1, 0.15) is 24.8 Å². The Hall–Kier alpha value is -1.58. The molecule has 0 aromatic heterocycles. The van der Waals surface area contributed by atoms with Crippen molar-refractivity contribution in [2.45, 2.75) is 31.4 Å². The predicted octanol–water partition coefficient (Wildman–Crippen LogP) is 2.81. The average Bonchev–Trinajstić information content (AvgIpc) is 2.33. The van der Waals surface area contributed by atoms with Crippen LogP contribution < -0.4 is 5.32 Å². The third kappa shape index (κ3) is 2.96. The van der Waals surface area contributed by atoms with Crippen LogP contribution in [0, 0.1) is 0 Å². The summed E-state index contributed by atoms with van der Waals surface area (Å²) < 4.78 is 17.8. The van der Waals surface area contributed by atoms with E-state index in [0.29, 0.717) is 12.8 Å². The highest BCUT2D eigenvalue weighted by atomic mass is 19.1. The number of alkyl halides is 1. The molecule has 92 valence electrons. The molecule has 3 nitrogen and oxygen atoms in total. The van der Waals surface area contributed by atoms with Crippen molar-refractivity contribution in [2.75, 3.05) is 6.67 Å². The first-order valence-electron chi connectivity index (χ1n) is 5.79. The second kappa shape index (κ2) is 5.17. The predicted molar refractivity (Wildman–Crippen MR) is 62.3 cm³/mol. The van der Waals surface area contributed by atoms with Crippen LogP contribution >= 0.6 is 0 Å². The van der Waals surface area contributed by atoms with Gasteiger partial charge in [-0.15, -0.1) is 0 Å². The van der Waals surface area contributed by atoms with Gasteiger partial charge in [-0.1, -0.05) is 30.3 Å². The standard InChI is InChI=1S/C13H16FNO2/c14-10-13(7-4-8-13)15-12(16)17-9-11-5-2-1-3-6-11/h1-3,5-6H,4,7-10H2,(H,15,16). The Bertz CT molecular complexity index is 371. The van der Waals surface area contributed by atoms with Gasteiger partial charge in [0, 0.05) is 0 Å². The summed E-state index contributed by atoms with van der Waals surface area (Å²) in [4.78, 5) is 11.5. The van der Waals surface area contributed by atoms with E-state index in [4.69, 9.17) is 4.74 Å². The van der Waals surface area contributed by atoms with E-state index in [2.05, 4.69) is 5.32 Å². The van der Waals surface area contributed by atoms with Crippen LogP contribution in [0.25, 0.3) is 0 Å². The molecule has 1 aliphatic rings. The van der Waals surface area contributed by atoms with E-state index in [0.717, 1.165) is 12.0 Å². The fourth-order valence-electron chi connectivity index (χ4n) is 1.87. The van der Waals surface area contributed by atoms with E-state index in [1.807, 2.05) is 30.3 Å². The molecule has 2 rings (SSSR count). The van der Waals surface area contributed by atoms with Crippen LogP contribution in [0.15, 0.2) is 30.3 Å². The lowest BCUT2D eigenvalue weighted by molar-refractivity contribution is 0.0935. The summed E-state index contributed by atoms with van der Waals surface area (Å²) in [6.45, 7) is -0.303. The number of hydrogen-bond acceptors (Lipinski definition) is 2. The van der Waals surface area contributed by atoms with Crippen LogP contribution in [0.3, 0.4) is 0 Å². The zero-order valence-electron chi connectivity index (χ0n) is 9.62. The minimum atomic E-state index is -0.659. The van der Waals surface area contributed by atoms with Gasteiger partial charge in [-0.2, -0.15) is 0 Å². The number of carbonyl (C=O) groups excluding carboxylic acids is 1. The van der Waals surface area contributed by atoms with Crippen molar-refractivity contribution >= 4 is 6.09 Å². The number of benzene rings is 1. The maximum absolute atomic E-state index is 12.7. The van der Waals surface area contributed by atoms with E-state index in [1.54, 1.807) is 0 Å². The van der Waals surface area contributed by atoms with Crippen molar-refractivity contribution in [2.24, 2.45) is 0 Å². The van der Waals surface area contributed by atoms with Gasteiger partial charge in [-0.05, 0) is 24.8 Å². The molecule has 4 heteroatoms. The molecule has 1 N–H and O–H groups in total. The molecule has 1 aliphatic carbocycles. The Morgan fingerprint density at radius 2 is 2.06 bits per heavy atom. The highest BCUT2D eigenvalue weighted by Crippen LogP contribution is 2.32. The van der Waals surface area contributed by atoms with E-state index < -0.39 is 18.3 Å². The average molecular weight is 237 g/mol. The number of nitrogens with one attached hydrogen (secondary N) is 1. The number of halogens is 1. The number of amides is 1. The van der Waals surface area contributed by atoms with Gasteiger partial charge in [0.2, 0.25) is 0 Å². The van der Waals surface area contributed by atoms with E-state index in [1.165, 1.54) is 0 Å². The highest BCUT2D eigenvalue weighted by Gasteiger charge is 2.38. The monoisotopic (exact) mass is 237 g/mol. The van der Waals surface area contributed by atoms with Crippen molar-refractivity contribution < 1.29 is 13.9 Å². The van der Waals surface area contributed by atoms with E-state index in [-0.39, 0.29) is 6.61 Å². The molecule has 0 bridgehead atoms. The fraction of sp³-hybridized carbons (Fsp3) is 0.462. The largest absolute Gasteiger partial charge is 0.445 e. The van der Waals surface area contributed by atoms with Gasteiger partial charge in [-0.3, -0.25) is 0 Å². The molecule has 0 atom stereocenters. The molecule has 1 amide bonds.